The van der Waals surface area contributed by atoms with E-state index in [1.807, 2.05) is 18.2 Å². The fourth-order valence-electron chi connectivity index (χ4n) is 3.19. The Morgan fingerprint density at radius 1 is 1.17 bits per heavy atom. The lowest BCUT2D eigenvalue weighted by atomic mass is 9.91. The summed E-state index contributed by atoms with van der Waals surface area (Å²) in [6, 6.07) is 5.96. The minimum atomic E-state index is -0.00997. The largest absolute Gasteiger partial charge is 0.486 e. The van der Waals surface area contributed by atoms with Crippen molar-refractivity contribution in [2.24, 2.45) is 11.8 Å². The lowest BCUT2D eigenvalue weighted by molar-refractivity contribution is -0.126. The van der Waals surface area contributed by atoms with Gasteiger partial charge in [0.1, 0.15) is 13.2 Å². The van der Waals surface area contributed by atoms with Gasteiger partial charge in [0.25, 0.3) is 0 Å². The van der Waals surface area contributed by atoms with Gasteiger partial charge < -0.3 is 14.8 Å². The Hall–Kier alpha value is -1.97. The first kappa shape index (κ1) is 15.9. The summed E-state index contributed by atoms with van der Waals surface area (Å²) in [5.74, 6) is 2.11. The zero-order chi connectivity index (χ0) is 16.2. The van der Waals surface area contributed by atoms with E-state index in [9.17, 15) is 4.79 Å². The van der Waals surface area contributed by atoms with E-state index in [4.69, 9.17) is 9.47 Å². The number of hydrogen-bond donors (Lipinski definition) is 1. The molecule has 0 aromatic heterocycles. The van der Waals surface area contributed by atoms with Crippen LogP contribution < -0.4 is 14.8 Å². The highest BCUT2D eigenvalue weighted by Crippen LogP contribution is 2.34. The molecular weight excluding hydrogens is 290 g/mol. The predicted octanol–water partition coefficient (Wildman–Crippen LogP) is 3.63. The minimum absolute atomic E-state index is 0.00997. The number of hydrogen-bond acceptors (Lipinski definition) is 3. The van der Waals surface area contributed by atoms with Crippen LogP contribution in [-0.4, -0.2) is 19.1 Å². The van der Waals surface area contributed by atoms with Gasteiger partial charge in [-0.05, 0) is 42.9 Å². The van der Waals surface area contributed by atoms with Crippen LogP contribution in [0.2, 0.25) is 0 Å². The number of carbonyl (C=O) groups excluding carboxylic acids is 1. The van der Waals surface area contributed by atoms with Gasteiger partial charge in [-0.15, -0.1) is 0 Å². The maximum atomic E-state index is 12.6. The zero-order valence-corrected chi connectivity index (χ0v) is 13.9. The molecule has 4 nitrogen and oxygen atoms in total. The maximum Gasteiger partial charge on any atom is 0.223 e. The van der Waals surface area contributed by atoms with Crippen molar-refractivity contribution < 1.29 is 14.3 Å². The van der Waals surface area contributed by atoms with Crippen LogP contribution in [0.25, 0.3) is 0 Å². The van der Waals surface area contributed by atoms with Crippen molar-refractivity contribution in [3.63, 3.8) is 0 Å². The molecule has 23 heavy (non-hydrogen) atoms. The van der Waals surface area contributed by atoms with Crippen molar-refractivity contribution in [3.05, 3.63) is 35.9 Å². The summed E-state index contributed by atoms with van der Waals surface area (Å²) >= 11 is 0. The molecule has 1 aromatic carbocycles. The van der Waals surface area contributed by atoms with Gasteiger partial charge in [0.15, 0.2) is 11.5 Å². The number of ether oxygens (including phenoxy) is 2. The van der Waals surface area contributed by atoms with E-state index in [0.717, 1.165) is 36.3 Å². The molecule has 4 heteroatoms. The smallest absolute Gasteiger partial charge is 0.223 e. The standard InChI is InChI=1S/C19H25NO3/c1-13(2)18(20-19(21)14-6-4-3-5-7-14)15-8-9-16-17(12-15)23-11-10-22-16/h3-4,8-9,12-14,18H,5-7,10-11H2,1-2H3,(H,20,21). The van der Waals surface area contributed by atoms with Crippen LogP contribution in [0.1, 0.15) is 44.7 Å². The number of amides is 1. The number of benzene rings is 1. The van der Waals surface area contributed by atoms with Crippen LogP contribution in [0.15, 0.2) is 30.4 Å². The van der Waals surface area contributed by atoms with E-state index >= 15 is 0 Å². The molecule has 1 heterocycles. The monoisotopic (exact) mass is 315 g/mol. The number of rotatable bonds is 4. The van der Waals surface area contributed by atoms with Crippen LogP contribution in [0, 0.1) is 11.8 Å². The predicted molar refractivity (Wildman–Crippen MR) is 89.6 cm³/mol. The van der Waals surface area contributed by atoms with Crippen LogP contribution in [-0.2, 0) is 4.79 Å². The highest BCUT2D eigenvalue weighted by Gasteiger charge is 2.25. The quantitative estimate of drug-likeness (QED) is 0.863. The molecule has 1 aromatic rings. The maximum absolute atomic E-state index is 12.6. The molecular formula is C19H25NO3. The van der Waals surface area contributed by atoms with Gasteiger partial charge in [0.2, 0.25) is 5.91 Å². The average molecular weight is 315 g/mol. The lowest BCUT2D eigenvalue weighted by Gasteiger charge is -2.27. The molecule has 0 fully saturated rings. The Labute approximate surface area is 137 Å². The summed E-state index contributed by atoms with van der Waals surface area (Å²) in [5.41, 5.74) is 1.07. The van der Waals surface area contributed by atoms with E-state index in [1.165, 1.54) is 0 Å². The van der Waals surface area contributed by atoms with E-state index in [1.54, 1.807) is 0 Å². The van der Waals surface area contributed by atoms with Gasteiger partial charge in [0.05, 0.1) is 6.04 Å². The van der Waals surface area contributed by atoms with Gasteiger partial charge in [-0.3, -0.25) is 4.79 Å². The van der Waals surface area contributed by atoms with Crippen molar-refractivity contribution in [1.82, 2.24) is 5.32 Å². The van der Waals surface area contributed by atoms with Gasteiger partial charge in [-0.1, -0.05) is 32.1 Å². The Bertz CT molecular complexity index is 594. The molecule has 1 N–H and O–H groups in total. The van der Waals surface area contributed by atoms with Crippen LogP contribution in [0.4, 0.5) is 0 Å². The third kappa shape index (κ3) is 3.69. The molecule has 2 aliphatic rings. The summed E-state index contributed by atoms with van der Waals surface area (Å²) in [4.78, 5) is 12.6. The van der Waals surface area contributed by atoms with E-state index < -0.39 is 0 Å². The van der Waals surface area contributed by atoms with Crippen molar-refractivity contribution in [2.45, 2.75) is 39.2 Å². The van der Waals surface area contributed by atoms with Crippen molar-refractivity contribution >= 4 is 5.91 Å². The highest BCUT2D eigenvalue weighted by atomic mass is 16.6. The van der Waals surface area contributed by atoms with Gasteiger partial charge in [-0.2, -0.15) is 0 Å². The number of allylic oxidation sites excluding steroid dienone is 2. The second kappa shape index (κ2) is 7.07. The summed E-state index contributed by atoms with van der Waals surface area (Å²) in [6.45, 7) is 5.42. The first-order valence-electron chi connectivity index (χ1n) is 8.50. The zero-order valence-electron chi connectivity index (χ0n) is 13.9. The second-order valence-electron chi connectivity index (χ2n) is 6.61. The molecule has 0 spiro atoms. The molecule has 0 radical (unpaired) electrons. The topological polar surface area (TPSA) is 47.6 Å². The Morgan fingerprint density at radius 3 is 2.65 bits per heavy atom. The summed E-state index contributed by atoms with van der Waals surface area (Å²) in [5, 5.41) is 3.24. The van der Waals surface area contributed by atoms with E-state index in [0.29, 0.717) is 19.1 Å². The number of fused-ring (bicyclic) bond motifs is 1. The third-order valence-corrected chi connectivity index (χ3v) is 4.53. The van der Waals surface area contributed by atoms with Crippen molar-refractivity contribution in [2.75, 3.05) is 13.2 Å². The number of nitrogens with one attached hydrogen (secondary N) is 1. The van der Waals surface area contributed by atoms with Crippen LogP contribution >= 0.6 is 0 Å². The Morgan fingerprint density at radius 2 is 1.96 bits per heavy atom. The third-order valence-electron chi connectivity index (χ3n) is 4.53. The fraction of sp³-hybridized carbons (Fsp3) is 0.526. The first-order valence-corrected chi connectivity index (χ1v) is 8.50. The van der Waals surface area contributed by atoms with Gasteiger partial charge in [0, 0.05) is 5.92 Å². The second-order valence-corrected chi connectivity index (χ2v) is 6.61. The fourth-order valence-corrected chi connectivity index (χ4v) is 3.19. The normalized spacial score (nSPS) is 21.1. The molecule has 0 bridgehead atoms. The molecule has 2 atom stereocenters. The Balaban J connectivity index is 1.76. The summed E-state index contributed by atoms with van der Waals surface area (Å²) < 4.78 is 11.2. The summed E-state index contributed by atoms with van der Waals surface area (Å²) in [6.07, 6.45) is 7.05. The first-order chi connectivity index (χ1) is 11.1. The van der Waals surface area contributed by atoms with E-state index in [2.05, 4.69) is 31.3 Å². The molecule has 2 unspecified atom stereocenters. The molecule has 3 rings (SSSR count). The van der Waals surface area contributed by atoms with Crippen LogP contribution in [0.3, 0.4) is 0 Å². The lowest BCUT2D eigenvalue weighted by Crippen LogP contribution is -2.36. The molecule has 0 saturated carbocycles. The van der Waals surface area contributed by atoms with Crippen molar-refractivity contribution in [3.8, 4) is 11.5 Å². The SMILES string of the molecule is CC(C)C(NC(=O)C1CC=CCC1)c1ccc2c(c1)OCCO2. The average Bonchev–Trinajstić information content (AvgIpc) is 2.59. The molecule has 1 aliphatic carbocycles. The van der Waals surface area contributed by atoms with E-state index in [-0.39, 0.29) is 17.9 Å². The Kier molecular flexibility index (Phi) is 4.89. The highest BCUT2D eigenvalue weighted by molar-refractivity contribution is 5.79. The van der Waals surface area contributed by atoms with Gasteiger partial charge >= 0.3 is 0 Å². The molecule has 0 saturated heterocycles. The molecule has 1 amide bonds. The number of carbonyl (C=O) groups is 1. The molecule has 124 valence electrons. The van der Waals surface area contributed by atoms with Crippen molar-refractivity contribution in [1.29, 1.82) is 0 Å². The van der Waals surface area contributed by atoms with Crippen LogP contribution in [0.5, 0.6) is 11.5 Å². The summed E-state index contributed by atoms with van der Waals surface area (Å²) in [7, 11) is 0. The molecule has 1 aliphatic heterocycles. The van der Waals surface area contributed by atoms with Gasteiger partial charge in [-0.25, -0.2) is 0 Å². The minimum Gasteiger partial charge on any atom is -0.486 e.